The largest absolute Gasteiger partial charge is 0.461 e. The summed E-state index contributed by atoms with van der Waals surface area (Å²) in [5, 5.41) is 0. The maximum Gasteiger partial charge on any atom is 0.303 e. The van der Waals surface area contributed by atoms with Crippen molar-refractivity contribution in [1.82, 2.24) is 0 Å². The third-order valence-electron chi connectivity index (χ3n) is 5.05. The molecule has 34 heavy (non-hydrogen) atoms. The van der Waals surface area contributed by atoms with E-state index in [1.54, 1.807) is 24.3 Å². The molecular weight excluding hydrogens is 448 g/mol. The molecular formula is C24H26O10. The molecule has 10 nitrogen and oxygen atoms in total. The van der Waals surface area contributed by atoms with E-state index in [0.717, 1.165) is 31.9 Å². The molecule has 10 heteroatoms. The summed E-state index contributed by atoms with van der Waals surface area (Å²) in [5.41, 5.74) is 1.77. The van der Waals surface area contributed by atoms with Crippen LogP contribution in [0.2, 0.25) is 0 Å². The molecule has 2 aliphatic rings. The Kier molecular flexibility index (Phi) is 7.41. The molecule has 2 aliphatic heterocycles. The highest BCUT2D eigenvalue weighted by Crippen LogP contribution is 2.37. The van der Waals surface area contributed by atoms with Gasteiger partial charge in [0.1, 0.15) is 17.3 Å². The van der Waals surface area contributed by atoms with Crippen molar-refractivity contribution in [2.75, 3.05) is 0 Å². The minimum absolute atomic E-state index is 0.262. The molecule has 0 bridgehead atoms. The molecule has 182 valence electrons. The quantitative estimate of drug-likeness (QED) is 0.449. The maximum atomic E-state index is 12.4. The van der Waals surface area contributed by atoms with Crippen LogP contribution >= 0.6 is 0 Å². The number of fused-ring (bicyclic) bond motifs is 1. The summed E-state index contributed by atoms with van der Waals surface area (Å²) in [5.74, 6) is -1.53. The molecule has 0 amide bonds. The Morgan fingerprint density at radius 1 is 0.882 bits per heavy atom. The summed E-state index contributed by atoms with van der Waals surface area (Å²) in [6.07, 6.45) is -5.00. The van der Waals surface area contributed by atoms with Crippen molar-refractivity contribution >= 4 is 29.3 Å². The number of Topliss-reactive ketones (excluding diaryl/α,β-unsaturated/α-hetero) is 1. The van der Waals surface area contributed by atoms with Crippen LogP contribution < -0.4 is 9.47 Å². The van der Waals surface area contributed by atoms with Crippen molar-refractivity contribution in [2.24, 2.45) is 0 Å². The number of rotatable bonds is 6. The van der Waals surface area contributed by atoms with Gasteiger partial charge in [0.25, 0.3) is 0 Å². The van der Waals surface area contributed by atoms with Gasteiger partial charge in [0.2, 0.25) is 12.4 Å². The smallest absolute Gasteiger partial charge is 0.303 e. The topological polar surface area (TPSA) is 124 Å². The molecule has 5 atom stereocenters. The molecule has 1 aromatic carbocycles. The molecule has 1 saturated heterocycles. The van der Waals surface area contributed by atoms with Crippen molar-refractivity contribution < 1.29 is 47.6 Å². The average molecular weight is 474 g/mol. The highest BCUT2D eigenvalue weighted by atomic mass is 16.7. The zero-order valence-corrected chi connectivity index (χ0v) is 19.5. The fraction of sp³-hybridized carbons (Fsp3) is 0.417. The Bertz CT molecular complexity index is 1060. The molecule has 0 spiro atoms. The van der Waals surface area contributed by atoms with Gasteiger partial charge >= 0.3 is 17.9 Å². The van der Waals surface area contributed by atoms with E-state index in [1.807, 2.05) is 6.92 Å². The molecule has 4 unspecified atom stereocenters. The van der Waals surface area contributed by atoms with Crippen LogP contribution in [0.25, 0.3) is 5.57 Å². The molecule has 0 saturated carbocycles. The molecule has 2 heterocycles. The Morgan fingerprint density at radius 2 is 1.47 bits per heavy atom. The van der Waals surface area contributed by atoms with Gasteiger partial charge in [0.15, 0.2) is 24.1 Å². The lowest BCUT2D eigenvalue weighted by Gasteiger charge is -2.43. The normalized spacial score (nSPS) is 25.7. The monoisotopic (exact) mass is 474 g/mol. The lowest BCUT2D eigenvalue weighted by Crippen LogP contribution is -2.64. The van der Waals surface area contributed by atoms with Gasteiger partial charge in [-0.2, -0.15) is 0 Å². The van der Waals surface area contributed by atoms with Crippen molar-refractivity contribution in [2.45, 2.75) is 65.3 Å². The van der Waals surface area contributed by atoms with Gasteiger partial charge in [-0.15, -0.1) is 0 Å². The number of hydrogen-bond donors (Lipinski definition) is 0. The summed E-state index contributed by atoms with van der Waals surface area (Å²) < 4.78 is 33.3. The summed E-state index contributed by atoms with van der Waals surface area (Å²) in [4.78, 5) is 47.8. The molecule has 1 aromatic rings. The van der Waals surface area contributed by atoms with Crippen LogP contribution in [0.3, 0.4) is 0 Å². The third kappa shape index (κ3) is 5.63. The molecule has 0 radical (unpaired) electrons. The van der Waals surface area contributed by atoms with Gasteiger partial charge < -0.3 is 28.4 Å². The van der Waals surface area contributed by atoms with E-state index >= 15 is 0 Å². The summed E-state index contributed by atoms with van der Waals surface area (Å²) in [7, 11) is 0. The minimum Gasteiger partial charge on any atom is -0.461 e. The fourth-order valence-corrected chi connectivity index (χ4v) is 3.81. The minimum atomic E-state index is -1.38. The third-order valence-corrected chi connectivity index (χ3v) is 5.05. The van der Waals surface area contributed by atoms with Crippen molar-refractivity contribution in [3.05, 3.63) is 42.2 Å². The standard InChI is InChI=1S/C24H26O10/c1-11-9-12(2)29-19-10-17(7-8-18(11)19)33-24-23(32-16(6)28)22(31-15(5)27)21(30-14(4)26)20(34-24)13(3)25/h7-10,20-24H,2H2,1,3-6H3/t20?,21?,22-,23?,24?/m1/s1. The fourth-order valence-electron chi connectivity index (χ4n) is 3.81. The summed E-state index contributed by atoms with van der Waals surface area (Å²) >= 11 is 0. The van der Waals surface area contributed by atoms with Crippen LogP contribution in [0.15, 0.2) is 36.6 Å². The van der Waals surface area contributed by atoms with Crippen LogP contribution in [0.4, 0.5) is 0 Å². The maximum absolute atomic E-state index is 12.4. The SMILES string of the molecule is C=C1C=C(C)c2ccc(OC3OC(C(C)=O)C(OC(C)=O)[C@@H](OC(C)=O)C3OC(C)=O)cc2O1. The van der Waals surface area contributed by atoms with Crippen molar-refractivity contribution in [3.63, 3.8) is 0 Å². The Labute approximate surface area is 196 Å². The number of carbonyl (C=O) groups excluding carboxylic acids is 4. The lowest BCUT2D eigenvalue weighted by molar-refractivity contribution is -0.277. The number of ketones is 1. The van der Waals surface area contributed by atoms with E-state index in [0.29, 0.717) is 11.5 Å². The van der Waals surface area contributed by atoms with Crippen LogP contribution in [0.1, 0.15) is 40.2 Å². The van der Waals surface area contributed by atoms with Gasteiger partial charge in [-0.3, -0.25) is 19.2 Å². The lowest BCUT2D eigenvalue weighted by atomic mass is 9.95. The highest BCUT2D eigenvalue weighted by Gasteiger charge is 2.54. The molecule has 0 aliphatic carbocycles. The second-order valence-electron chi connectivity index (χ2n) is 7.93. The predicted molar refractivity (Wildman–Crippen MR) is 116 cm³/mol. The van der Waals surface area contributed by atoms with Crippen LogP contribution in [-0.2, 0) is 38.1 Å². The Hall–Kier alpha value is -3.66. The van der Waals surface area contributed by atoms with E-state index in [2.05, 4.69) is 6.58 Å². The summed E-state index contributed by atoms with van der Waals surface area (Å²) in [6.45, 7) is 10.3. The Morgan fingerprint density at radius 3 is 2.06 bits per heavy atom. The first-order chi connectivity index (χ1) is 16.0. The van der Waals surface area contributed by atoms with E-state index < -0.39 is 54.4 Å². The zero-order valence-electron chi connectivity index (χ0n) is 19.5. The second-order valence-corrected chi connectivity index (χ2v) is 7.93. The van der Waals surface area contributed by atoms with E-state index in [1.165, 1.54) is 6.92 Å². The van der Waals surface area contributed by atoms with Crippen molar-refractivity contribution in [1.29, 1.82) is 0 Å². The van der Waals surface area contributed by atoms with Gasteiger partial charge in [0.05, 0.1) is 0 Å². The van der Waals surface area contributed by atoms with Gasteiger partial charge in [-0.25, -0.2) is 0 Å². The first-order valence-corrected chi connectivity index (χ1v) is 10.5. The number of esters is 3. The van der Waals surface area contributed by atoms with Gasteiger partial charge in [-0.1, -0.05) is 6.58 Å². The van der Waals surface area contributed by atoms with Crippen LogP contribution in [0, 0.1) is 0 Å². The first kappa shape index (κ1) is 25.0. The van der Waals surface area contributed by atoms with E-state index in [9.17, 15) is 19.2 Å². The van der Waals surface area contributed by atoms with Crippen LogP contribution in [0.5, 0.6) is 11.5 Å². The van der Waals surface area contributed by atoms with Gasteiger partial charge in [-0.05, 0) is 37.6 Å². The van der Waals surface area contributed by atoms with E-state index in [4.69, 9.17) is 28.4 Å². The number of benzene rings is 1. The predicted octanol–water partition coefficient (Wildman–Crippen LogP) is 2.48. The molecule has 0 N–H and O–H groups in total. The average Bonchev–Trinajstić information content (AvgIpc) is 2.70. The van der Waals surface area contributed by atoms with E-state index in [-0.39, 0.29) is 5.75 Å². The second kappa shape index (κ2) is 10.1. The van der Waals surface area contributed by atoms with Gasteiger partial charge in [0, 0.05) is 32.4 Å². The zero-order chi connectivity index (χ0) is 25.2. The van der Waals surface area contributed by atoms with Crippen molar-refractivity contribution in [3.8, 4) is 11.5 Å². The summed E-state index contributed by atoms with van der Waals surface area (Å²) in [6, 6.07) is 5.00. The molecule has 3 rings (SSSR count). The molecule has 0 aromatic heterocycles. The number of hydrogen-bond acceptors (Lipinski definition) is 10. The number of allylic oxidation sites excluding steroid dienone is 2. The number of carbonyl (C=O) groups is 4. The number of ether oxygens (including phenoxy) is 6. The molecule has 1 fully saturated rings. The Balaban J connectivity index is 1.99. The van der Waals surface area contributed by atoms with Crippen LogP contribution in [-0.4, -0.2) is 54.4 Å². The first-order valence-electron chi connectivity index (χ1n) is 10.5. The highest BCUT2D eigenvalue weighted by molar-refractivity contribution is 5.82.